The second-order valence-electron chi connectivity index (χ2n) is 6.11. The second-order valence-corrected chi connectivity index (χ2v) is 9.73. The monoisotopic (exact) mass is 458 g/mol. The van der Waals surface area contributed by atoms with Gasteiger partial charge in [0.2, 0.25) is 10.0 Å². The molecule has 0 atom stereocenters. The van der Waals surface area contributed by atoms with Crippen LogP contribution in [0.25, 0.3) is 0 Å². The molecule has 0 unspecified atom stereocenters. The zero-order chi connectivity index (χ0) is 22.5. The minimum absolute atomic E-state index is 0.00693. The van der Waals surface area contributed by atoms with E-state index >= 15 is 0 Å². The molecule has 0 aliphatic carbocycles. The fraction of sp³-hybridized carbons (Fsp3) is 0.368. The summed E-state index contributed by atoms with van der Waals surface area (Å²) in [7, 11) is -3.72. The molecule has 0 amide bonds. The minimum Gasteiger partial charge on any atom is -0.497 e. The summed E-state index contributed by atoms with van der Waals surface area (Å²) in [6, 6.07) is 8.21. The van der Waals surface area contributed by atoms with Crippen LogP contribution in [0, 0.1) is 0 Å². The van der Waals surface area contributed by atoms with Crippen LogP contribution in [0.15, 0.2) is 46.2 Å². The van der Waals surface area contributed by atoms with Crippen molar-refractivity contribution < 1.29 is 31.0 Å². The molecule has 0 aliphatic rings. The van der Waals surface area contributed by atoms with Crippen LogP contribution in [0.3, 0.4) is 0 Å². The van der Waals surface area contributed by atoms with E-state index in [9.17, 15) is 16.8 Å². The van der Waals surface area contributed by atoms with Crippen molar-refractivity contribution in [3.63, 3.8) is 0 Å². The van der Waals surface area contributed by atoms with Crippen LogP contribution < -0.4 is 18.9 Å². The largest absolute Gasteiger partial charge is 0.497 e. The molecule has 0 aliphatic heterocycles. The average Bonchev–Trinajstić information content (AvgIpc) is 2.73. The highest BCUT2D eigenvalue weighted by Gasteiger charge is 2.25. The number of benzene rings is 2. The van der Waals surface area contributed by atoms with Crippen LogP contribution in [-0.2, 0) is 20.0 Å². The zero-order valence-corrected chi connectivity index (χ0v) is 19.1. The quantitative estimate of drug-likeness (QED) is 0.582. The molecule has 0 spiro atoms. The smallest absolute Gasteiger partial charge is 0.262 e. The summed E-state index contributed by atoms with van der Waals surface area (Å²) >= 11 is 0. The third-order valence-corrected chi connectivity index (χ3v) is 7.78. The Labute approximate surface area is 177 Å². The molecule has 0 saturated heterocycles. The van der Waals surface area contributed by atoms with E-state index in [4.69, 9.17) is 14.2 Å². The highest BCUT2D eigenvalue weighted by Crippen LogP contribution is 2.32. The molecule has 2 aromatic rings. The molecule has 0 fully saturated rings. The molecule has 166 valence electrons. The summed E-state index contributed by atoms with van der Waals surface area (Å²) in [5.41, 5.74) is -0.00693. The molecule has 11 heteroatoms. The van der Waals surface area contributed by atoms with E-state index in [1.54, 1.807) is 13.8 Å². The molecule has 0 bridgehead atoms. The van der Waals surface area contributed by atoms with Crippen LogP contribution in [0.5, 0.6) is 17.2 Å². The molecular weight excluding hydrogens is 432 g/mol. The van der Waals surface area contributed by atoms with E-state index in [-0.39, 0.29) is 34.3 Å². The lowest BCUT2D eigenvalue weighted by Crippen LogP contribution is -2.30. The standard InChI is InChI=1S/C19H26N2O7S2/c1-6-21(7-2)30(24,25)16-8-9-19(28-5)18(13-16)20-29(22,23)17-11-14(26-3)10-15(12-17)27-4/h8-13,20H,6-7H2,1-5H3. The highest BCUT2D eigenvalue weighted by atomic mass is 32.2. The van der Waals surface area contributed by atoms with Crippen LogP contribution in [0.4, 0.5) is 5.69 Å². The number of hydrogen-bond donors (Lipinski definition) is 1. The van der Waals surface area contributed by atoms with Crippen molar-refractivity contribution >= 4 is 25.7 Å². The third kappa shape index (κ3) is 4.97. The Morgan fingerprint density at radius 2 is 1.37 bits per heavy atom. The Balaban J connectivity index is 2.54. The number of ether oxygens (including phenoxy) is 3. The van der Waals surface area contributed by atoms with Gasteiger partial charge in [0.25, 0.3) is 10.0 Å². The summed E-state index contributed by atoms with van der Waals surface area (Å²) in [5.74, 6) is 0.756. The Bertz CT molecular complexity index is 1070. The van der Waals surface area contributed by atoms with E-state index in [0.717, 1.165) is 0 Å². The van der Waals surface area contributed by atoms with E-state index < -0.39 is 20.0 Å². The van der Waals surface area contributed by atoms with Crippen molar-refractivity contribution in [3.05, 3.63) is 36.4 Å². The van der Waals surface area contributed by atoms with Crippen molar-refractivity contribution in [3.8, 4) is 17.2 Å². The summed E-state index contributed by atoms with van der Waals surface area (Å²) in [4.78, 5) is -0.161. The van der Waals surface area contributed by atoms with Gasteiger partial charge in [0.05, 0.1) is 36.8 Å². The van der Waals surface area contributed by atoms with Crippen molar-refractivity contribution in [2.24, 2.45) is 0 Å². The maximum atomic E-state index is 13.0. The van der Waals surface area contributed by atoms with E-state index in [1.807, 2.05) is 0 Å². The summed E-state index contributed by atoms with van der Waals surface area (Å²) in [6.07, 6.45) is 0. The van der Waals surface area contributed by atoms with Gasteiger partial charge in [-0.05, 0) is 18.2 Å². The van der Waals surface area contributed by atoms with E-state index in [2.05, 4.69) is 4.72 Å². The first-order valence-electron chi connectivity index (χ1n) is 9.07. The fourth-order valence-electron chi connectivity index (χ4n) is 2.78. The summed E-state index contributed by atoms with van der Waals surface area (Å²) in [5, 5.41) is 0. The van der Waals surface area contributed by atoms with Crippen molar-refractivity contribution in [1.29, 1.82) is 0 Å². The third-order valence-electron chi connectivity index (χ3n) is 4.39. The number of hydrogen-bond acceptors (Lipinski definition) is 7. The second kappa shape index (κ2) is 9.54. The van der Waals surface area contributed by atoms with Gasteiger partial charge in [0, 0.05) is 31.3 Å². The first kappa shape index (κ1) is 23.8. The highest BCUT2D eigenvalue weighted by molar-refractivity contribution is 7.92. The van der Waals surface area contributed by atoms with Gasteiger partial charge in [-0.3, -0.25) is 4.72 Å². The Morgan fingerprint density at radius 1 is 0.800 bits per heavy atom. The van der Waals surface area contributed by atoms with Crippen LogP contribution in [-0.4, -0.2) is 55.6 Å². The van der Waals surface area contributed by atoms with Crippen LogP contribution in [0.2, 0.25) is 0 Å². The number of nitrogens with zero attached hydrogens (tertiary/aromatic N) is 1. The molecule has 2 rings (SSSR count). The van der Waals surface area contributed by atoms with Gasteiger partial charge >= 0.3 is 0 Å². The number of rotatable bonds is 10. The Kier molecular flexibility index (Phi) is 7.56. The van der Waals surface area contributed by atoms with Gasteiger partial charge < -0.3 is 14.2 Å². The lowest BCUT2D eigenvalue weighted by Gasteiger charge is -2.20. The molecule has 30 heavy (non-hydrogen) atoms. The van der Waals surface area contributed by atoms with Crippen molar-refractivity contribution in [2.75, 3.05) is 39.1 Å². The minimum atomic E-state index is -4.10. The van der Waals surface area contributed by atoms with E-state index in [1.165, 1.54) is 62.0 Å². The maximum Gasteiger partial charge on any atom is 0.262 e. The maximum absolute atomic E-state index is 13.0. The van der Waals surface area contributed by atoms with Crippen LogP contribution in [0.1, 0.15) is 13.8 Å². The summed E-state index contributed by atoms with van der Waals surface area (Å²) < 4.78 is 70.7. The molecule has 0 aromatic heterocycles. The number of methoxy groups -OCH3 is 3. The van der Waals surface area contributed by atoms with E-state index in [0.29, 0.717) is 11.5 Å². The normalized spacial score (nSPS) is 11.9. The first-order chi connectivity index (χ1) is 14.1. The first-order valence-corrected chi connectivity index (χ1v) is 12.0. The molecule has 0 saturated carbocycles. The zero-order valence-electron chi connectivity index (χ0n) is 17.5. The van der Waals surface area contributed by atoms with Gasteiger partial charge in [-0.25, -0.2) is 16.8 Å². The average molecular weight is 459 g/mol. The molecular formula is C19H26N2O7S2. The molecule has 0 heterocycles. The topological polar surface area (TPSA) is 111 Å². The molecule has 9 nitrogen and oxygen atoms in total. The molecule has 0 radical (unpaired) electrons. The molecule has 2 aromatic carbocycles. The van der Waals surface area contributed by atoms with Gasteiger partial charge in [0.15, 0.2) is 0 Å². The van der Waals surface area contributed by atoms with Gasteiger partial charge in [0.1, 0.15) is 17.2 Å². The predicted molar refractivity (Wildman–Crippen MR) is 113 cm³/mol. The van der Waals surface area contributed by atoms with Gasteiger partial charge in [-0.1, -0.05) is 13.8 Å². The SMILES string of the molecule is CCN(CC)S(=O)(=O)c1ccc(OC)c(NS(=O)(=O)c2cc(OC)cc(OC)c2)c1. The lowest BCUT2D eigenvalue weighted by molar-refractivity contribution is 0.392. The molecule has 1 N–H and O–H groups in total. The number of sulfonamides is 2. The number of anilines is 1. The van der Waals surface area contributed by atoms with Gasteiger partial charge in [-0.2, -0.15) is 4.31 Å². The fourth-order valence-corrected chi connectivity index (χ4v) is 5.37. The predicted octanol–water partition coefficient (Wildman–Crippen LogP) is 2.54. The Morgan fingerprint density at radius 3 is 1.83 bits per heavy atom. The Hall–Kier alpha value is -2.50. The summed E-state index contributed by atoms with van der Waals surface area (Å²) in [6.45, 7) is 4.03. The number of nitrogens with one attached hydrogen (secondary N) is 1. The van der Waals surface area contributed by atoms with Crippen LogP contribution >= 0.6 is 0 Å². The van der Waals surface area contributed by atoms with Crippen molar-refractivity contribution in [2.45, 2.75) is 23.6 Å². The van der Waals surface area contributed by atoms with Crippen molar-refractivity contribution in [1.82, 2.24) is 4.31 Å². The lowest BCUT2D eigenvalue weighted by atomic mass is 10.3. The van der Waals surface area contributed by atoms with Gasteiger partial charge in [-0.15, -0.1) is 0 Å².